The van der Waals surface area contributed by atoms with Gasteiger partial charge in [0.2, 0.25) is 0 Å². The Morgan fingerprint density at radius 1 is 1.40 bits per heavy atom. The molecule has 1 aromatic rings. The van der Waals surface area contributed by atoms with E-state index in [9.17, 15) is 0 Å². The maximum atomic E-state index is 5.69. The van der Waals surface area contributed by atoms with Crippen molar-refractivity contribution in [3.8, 4) is 5.75 Å². The summed E-state index contributed by atoms with van der Waals surface area (Å²) in [7, 11) is 1.76. The van der Waals surface area contributed by atoms with Gasteiger partial charge in [0, 0.05) is 38.3 Å². The summed E-state index contributed by atoms with van der Waals surface area (Å²) in [4.78, 5) is 0. The van der Waals surface area contributed by atoms with Crippen LogP contribution in [0.3, 0.4) is 0 Å². The van der Waals surface area contributed by atoms with Crippen LogP contribution in [-0.2, 0) is 9.47 Å². The van der Waals surface area contributed by atoms with Crippen molar-refractivity contribution in [1.82, 2.24) is 5.32 Å². The SMILES string of the molecule is CCOc1ccccc1C(C)NCC1(OC)CCOC1. The second-order valence-corrected chi connectivity index (χ2v) is 5.26. The highest BCUT2D eigenvalue weighted by Gasteiger charge is 2.35. The molecular weight excluding hydrogens is 254 g/mol. The minimum atomic E-state index is -0.186. The topological polar surface area (TPSA) is 39.7 Å². The van der Waals surface area contributed by atoms with Gasteiger partial charge in [-0.25, -0.2) is 0 Å². The Balaban J connectivity index is 1.99. The van der Waals surface area contributed by atoms with Crippen LogP contribution in [0.25, 0.3) is 0 Å². The normalized spacial score (nSPS) is 23.8. The van der Waals surface area contributed by atoms with Gasteiger partial charge in [0.25, 0.3) is 0 Å². The average Bonchev–Trinajstić information content (AvgIpc) is 2.95. The van der Waals surface area contributed by atoms with Crippen LogP contribution >= 0.6 is 0 Å². The second kappa shape index (κ2) is 7.07. The highest BCUT2D eigenvalue weighted by Crippen LogP contribution is 2.27. The number of ether oxygens (including phenoxy) is 3. The molecule has 1 aliphatic heterocycles. The minimum absolute atomic E-state index is 0.186. The van der Waals surface area contributed by atoms with Crippen LogP contribution in [0.4, 0.5) is 0 Å². The summed E-state index contributed by atoms with van der Waals surface area (Å²) < 4.78 is 16.8. The molecule has 2 rings (SSSR count). The maximum absolute atomic E-state index is 5.69. The molecule has 1 aliphatic rings. The molecule has 20 heavy (non-hydrogen) atoms. The molecule has 0 aromatic heterocycles. The number of para-hydroxylation sites is 1. The third-order valence-electron chi connectivity index (χ3n) is 3.92. The lowest BCUT2D eigenvalue weighted by atomic mass is 10.0. The zero-order chi connectivity index (χ0) is 14.4. The zero-order valence-electron chi connectivity index (χ0n) is 12.6. The smallest absolute Gasteiger partial charge is 0.124 e. The first-order valence-electron chi connectivity index (χ1n) is 7.29. The number of hydrogen-bond acceptors (Lipinski definition) is 4. The first-order valence-corrected chi connectivity index (χ1v) is 7.29. The van der Waals surface area contributed by atoms with Crippen molar-refractivity contribution in [2.45, 2.75) is 31.9 Å². The molecule has 1 heterocycles. The van der Waals surface area contributed by atoms with Crippen molar-refractivity contribution in [3.63, 3.8) is 0 Å². The van der Waals surface area contributed by atoms with Crippen LogP contribution in [-0.4, -0.2) is 39.1 Å². The standard InChI is InChI=1S/C16H25NO3/c1-4-20-15-8-6-5-7-14(15)13(2)17-11-16(18-3)9-10-19-12-16/h5-8,13,17H,4,9-12H2,1-3H3. The number of nitrogens with one attached hydrogen (secondary N) is 1. The highest BCUT2D eigenvalue weighted by molar-refractivity contribution is 5.35. The summed E-state index contributed by atoms with van der Waals surface area (Å²) in [6.07, 6.45) is 0.941. The van der Waals surface area contributed by atoms with Gasteiger partial charge in [0.1, 0.15) is 11.4 Å². The molecule has 112 valence electrons. The monoisotopic (exact) mass is 279 g/mol. The first-order chi connectivity index (χ1) is 9.71. The Hall–Kier alpha value is -1.10. The third kappa shape index (κ3) is 3.51. The molecule has 1 aromatic carbocycles. The van der Waals surface area contributed by atoms with Crippen LogP contribution < -0.4 is 10.1 Å². The Labute approximate surface area is 121 Å². The molecule has 4 nitrogen and oxygen atoms in total. The van der Waals surface area contributed by atoms with Gasteiger partial charge in [-0.05, 0) is 19.9 Å². The minimum Gasteiger partial charge on any atom is -0.494 e. The number of hydrogen-bond donors (Lipinski definition) is 1. The zero-order valence-corrected chi connectivity index (χ0v) is 12.6. The van der Waals surface area contributed by atoms with Crippen molar-refractivity contribution in [3.05, 3.63) is 29.8 Å². The van der Waals surface area contributed by atoms with E-state index in [1.807, 2.05) is 25.1 Å². The maximum Gasteiger partial charge on any atom is 0.124 e. The van der Waals surface area contributed by atoms with Crippen LogP contribution in [0.5, 0.6) is 5.75 Å². The average molecular weight is 279 g/mol. The van der Waals surface area contributed by atoms with Gasteiger partial charge in [-0.3, -0.25) is 0 Å². The van der Waals surface area contributed by atoms with E-state index in [4.69, 9.17) is 14.2 Å². The lowest BCUT2D eigenvalue weighted by molar-refractivity contribution is -0.0172. The van der Waals surface area contributed by atoms with Crippen molar-refractivity contribution in [2.24, 2.45) is 0 Å². The van der Waals surface area contributed by atoms with E-state index in [0.29, 0.717) is 13.2 Å². The molecule has 0 radical (unpaired) electrons. The van der Waals surface area contributed by atoms with E-state index in [-0.39, 0.29) is 11.6 Å². The van der Waals surface area contributed by atoms with Gasteiger partial charge >= 0.3 is 0 Å². The van der Waals surface area contributed by atoms with E-state index in [1.165, 1.54) is 5.56 Å². The van der Waals surface area contributed by atoms with E-state index in [0.717, 1.165) is 25.3 Å². The lowest BCUT2D eigenvalue weighted by Crippen LogP contribution is -2.43. The number of methoxy groups -OCH3 is 1. The first kappa shape index (κ1) is 15.3. The molecule has 0 bridgehead atoms. The van der Waals surface area contributed by atoms with Crippen molar-refractivity contribution >= 4 is 0 Å². The molecule has 2 unspecified atom stereocenters. The van der Waals surface area contributed by atoms with E-state index in [2.05, 4.69) is 18.3 Å². The molecule has 2 atom stereocenters. The molecule has 0 spiro atoms. The predicted octanol–water partition coefficient (Wildman–Crippen LogP) is 2.54. The van der Waals surface area contributed by atoms with Gasteiger partial charge < -0.3 is 19.5 Å². The Morgan fingerprint density at radius 3 is 2.85 bits per heavy atom. The summed E-state index contributed by atoms with van der Waals surface area (Å²) in [5.74, 6) is 0.948. The number of benzene rings is 1. The molecule has 1 fully saturated rings. The summed E-state index contributed by atoms with van der Waals surface area (Å²) in [5, 5.41) is 3.55. The van der Waals surface area contributed by atoms with Gasteiger partial charge in [0.15, 0.2) is 0 Å². The Bertz CT molecular complexity index is 416. The molecule has 0 amide bonds. The summed E-state index contributed by atoms with van der Waals surface area (Å²) in [6.45, 7) is 7.06. The fraction of sp³-hybridized carbons (Fsp3) is 0.625. The summed E-state index contributed by atoms with van der Waals surface area (Å²) >= 11 is 0. The van der Waals surface area contributed by atoms with Crippen LogP contribution in [0.2, 0.25) is 0 Å². The molecule has 4 heteroatoms. The Morgan fingerprint density at radius 2 is 2.20 bits per heavy atom. The fourth-order valence-corrected chi connectivity index (χ4v) is 2.54. The summed E-state index contributed by atoms with van der Waals surface area (Å²) in [5.41, 5.74) is 0.994. The molecule has 1 N–H and O–H groups in total. The van der Waals surface area contributed by atoms with Crippen LogP contribution in [0.1, 0.15) is 31.9 Å². The largest absolute Gasteiger partial charge is 0.494 e. The van der Waals surface area contributed by atoms with Crippen molar-refractivity contribution in [2.75, 3.05) is 33.5 Å². The molecular formula is C16H25NO3. The van der Waals surface area contributed by atoms with Gasteiger partial charge in [-0.15, -0.1) is 0 Å². The summed E-state index contributed by atoms with van der Waals surface area (Å²) in [6, 6.07) is 8.38. The van der Waals surface area contributed by atoms with Crippen molar-refractivity contribution < 1.29 is 14.2 Å². The molecule has 0 aliphatic carbocycles. The van der Waals surface area contributed by atoms with E-state index < -0.39 is 0 Å². The fourth-order valence-electron chi connectivity index (χ4n) is 2.54. The second-order valence-electron chi connectivity index (χ2n) is 5.26. The highest BCUT2D eigenvalue weighted by atomic mass is 16.5. The Kier molecular flexibility index (Phi) is 5.40. The quantitative estimate of drug-likeness (QED) is 0.832. The number of rotatable bonds is 7. The van der Waals surface area contributed by atoms with Gasteiger partial charge in [-0.2, -0.15) is 0 Å². The van der Waals surface area contributed by atoms with Gasteiger partial charge in [0.05, 0.1) is 13.2 Å². The third-order valence-corrected chi connectivity index (χ3v) is 3.92. The van der Waals surface area contributed by atoms with Crippen LogP contribution in [0, 0.1) is 0 Å². The van der Waals surface area contributed by atoms with E-state index >= 15 is 0 Å². The lowest BCUT2D eigenvalue weighted by Gasteiger charge is -2.28. The van der Waals surface area contributed by atoms with Crippen molar-refractivity contribution in [1.29, 1.82) is 0 Å². The van der Waals surface area contributed by atoms with E-state index in [1.54, 1.807) is 7.11 Å². The van der Waals surface area contributed by atoms with Gasteiger partial charge in [-0.1, -0.05) is 18.2 Å². The molecule has 1 saturated heterocycles. The predicted molar refractivity (Wildman–Crippen MR) is 79.2 cm³/mol. The van der Waals surface area contributed by atoms with Crippen LogP contribution in [0.15, 0.2) is 24.3 Å². The molecule has 0 saturated carbocycles.